The monoisotopic (exact) mass is 281 g/mol. The Morgan fingerprint density at radius 2 is 1.89 bits per heavy atom. The van der Waals surface area contributed by atoms with Gasteiger partial charge in [-0.25, -0.2) is 4.98 Å². The lowest BCUT2D eigenvalue weighted by molar-refractivity contribution is 1.01. The van der Waals surface area contributed by atoms with Gasteiger partial charge in [-0.2, -0.15) is 0 Å². The molecule has 2 aromatic rings. The number of halogens is 2. The van der Waals surface area contributed by atoms with E-state index in [4.69, 9.17) is 28.9 Å². The van der Waals surface area contributed by atoms with E-state index in [1.54, 1.807) is 12.3 Å². The first-order chi connectivity index (χ1) is 8.65. The summed E-state index contributed by atoms with van der Waals surface area (Å²) in [6.07, 6.45) is 2.44. The molecule has 0 aliphatic rings. The van der Waals surface area contributed by atoms with Crippen molar-refractivity contribution in [1.29, 1.82) is 0 Å². The Morgan fingerprint density at radius 3 is 2.56 bits per heavy atom. The van der Waals surface area contributed by atoms with Gasteiger partial charge in [-0.05, 0) is 30.2 Å². The largest absolute Gasteiger partial charge is 0.399 e. The van der Waals surface area contributed by atoms with Gasteiger partial charge < -0.3 is 11.1 Å². The molecule has 0 spiro atoms. The van der Waals surface area contributed by atoms with Crippen LogP contribution in [0.3, 0.4) is 0 Å². The van der Waals surface area contributed by atoms with Gasteiger partial charge in [0.15, 0.2) is 0 Å². The highest BCUT2D eigenvalue weighted by molar-refractivity contribution is 6.35. The zero-order valence-electron chi connectivity index (χ0n) is 9.66. The van der Waals surface area contributed by atoms with Crippen molar-refractivity contribution < 1.29 is 0 Å². The third-order valence-corrected chi connectivity index (χ3v) is 2.99. The molecule has 1 aromatic carbocycles. The van der Waals surface area contributed by atoms with Crippen molar-refractivity contribution >= 4 is 34.7 Å². The summed E-state index contributed by atoms with van der Waals surface area (Å²) in [7, 11) is 0. The Kier molecular flexibility index (Phi) is 4.28. The predicted molar refractivity (Wildman–Crippen MR) is 77.3 cm³/mol. The fourth-order valence-corrected chi connectivity index (χ4v) is 2.00. The Morgan fingerprint density at radius 1 is 1.17 bits per heavy atom. The Bertz CT molecular complexity index is 526. The third kappa shape index (κ3) is 3.52. The Labute approximate surface area is 116 Å². The molecule has 0 atom stereocenters. The maximum Gasteiger partial charge on any atom is 0.144 e. The predicted octanol–water partition coefficient (Wildman–Crippen LogP) is 3.63. The molecule has 0 aliphatic heterocycles. The molecule has 94 valence electrons. The van der Waals surface area contributed by atoms with Gasteiger partial charge in [0, 0.05) is 18.4 Å². The lowest BCUT2D eigenvalue weighted by atomic mass is 10.1. The van der Waals surface area contributed by atoms with Crippen LogP contribution in [0, 0.1) is 0 Å². The first-order valence-electron chi connectivity index (χ1n) is 5.54. The van der Waals surface area contributed by atoms with Crippen LogP contribution in [0.2, 0.25) is 10.0 Å². The molecule has 3 nitrogen and oxygen atoms in total. The van der Waals surface area contributed by atoms with Gasteiger partial charge in [0.1, 0.15) is 5.82 Å². The van der Waals surface area contributed by atoms with Crippen molar-refractivity contribution in [2.24, 2.45) is 0 Å². The molecule has 0 radical (unpaired) electrons. The number of hydrogen-bond donors (Lipinski definition) is 2. The van der Waals surface area contributed by atoms with Gasteiger partial charge in [0.05, 0.1) is 10.0 Å². The van der Waals surface area contributed by atoms with E-state index in [2.05, 4.69) is 10.3 Å². The fraction of sp³-hybridized carbons (Fsp3) is 0.154. The van der Waals surface area contributed by atoms with Crippen LogP contribution in [0.4, 0.5) is 11.5 Å². The standard InChI is InChI=1S/C13H13Cl2N3/c14-10-7-12(15)13(18-8-10)17-6-5-9-1-3-11(16)4-2-9/h1-4,7-8H,5-6,16H2,(H,17,18). The van der Waals surface area contributed by atoms with Crippen molar-refractivity contribution in [3.63, 3.8) is 0 Å². The molecule has 0 saturated heterocycles. The summed E-state index contributed by atoms with van der Waals surface area (Å²) in [6.45, 7) is 0.748. The second kappa shape index (κ2) is 5.94. The van der Waals surface area contributed by atoms with E-state index in [9.17, 15) is 0 Å². The molecular weight excluding hydrogens is 269 g/mol. The first kappa shape index (κ1) is 13.0. The highest BCUT2D eigenvalue weighted by atomic mass is 35.5. The molecular formula is C13H13Cl2N3. The molecule has 0 saturated carbocycles. The number of anilines is 2. The number of nitrogens with two attached hydrogens (primary N) is 1. The van der Waals surface area contributed by atoms with E-state index in [0.717, 1.165) is 18.7 Å². The molecule has 0 bridgehead atoms. The normalized spacial score (nSPS) is 10.3. The average molecular weight is 282 g/mol. The second-order valence-corrected chi connectivity index (χ2v) is 4.75. The minimum Gasteiger partial charge on any atom is -0.399 e. The summed E-state index contributed by atoms with van der Waals surface area (Å²) in [5, 5.41) is 4.23. The van der Waals surface area contributed by atoms with E-state index in [0.29, 0.717) is 15.9 Å². The molecule has 0 aliphatic carbocycles. The second-order valence-electron chi connectivity index (χ2n) is 3.90. The van der Waals surface area contributed by atoms with Crippen molar-refractivity contribution in [3.8, 4) is 0 Å². The zero-order chi connectivity index (χ0) is 13.0. The minimum atomic E-state index is 0.528. The highest BCUT2D eigenvalue weighted by Crippen LogP contribution is 2.22. The van der Waals surface area contributed by atoms with Crippen LogP contribution in [0.25, 0.3) is 0 Å². The first-order valence-corrected chi connectivity index (χ1v) is 6.30. The molecule has 0 fully saturated rings. The Hall–Kier alpha value is -1.45. The van der Waals surface area contributed by atoms with Gasteiger partial charge in [-0.15, -0.1) is 0 Å². The third-order valence-electron chi connectivity index (χ3n) is 2.49. The average Bonchev–Trinajstić information content (AvgIpc) is 2.34. The molecule has 0 unspecified atom stereocenters. The van der Waals surface area contributed by atoms with Crippen LogP contribution in [-0.4, -0.2) is 11.5 Å². The molecule has 5 heteroatoms. The molecule has 1 aromatic heterocycles. The summed E-state index contributed by atoms with van der Waals surface area (Å²) in [5.74, 6) is 0.650. The fourth-order valence-electron chi connectivity index (χ4n) is 1.55. The van der Waals surface area contributed by atoms with E-state index < -0.39 is 0 Å². The number of rotatable bonds is 4. The molecule has 3 N–H and O–H groups in total. The number of nitrogen functional groups attached to an aromatic ring is 1. The number of benzene rings is 1. The van der Waals surface area contributed by atoms with Gasteiger partial charge in [0.25, 0.3) is 0 Å². The summed E-state index contributed by atoms with van der Waals surface area (Å²) < 4.78 is 0. The number of nitrogens with one attached hydrogen (secondary N) is 1. The molecule has 2 rings (SSSR count). The molecule has 0 amide bonds. The van der Waals surface area contributed by atoms with Crippen LogP contribution in [0.5, 0.6) is 0 Å². The highest BCUT2D eigenvalue weighted by Gasteiger charge is 2.02. The van der Waals surface area contributed by atoms with Gasteiger partial charge in [-0.3, -0.25) is 0 Å². The Balaban J connectivity index is 1.90. The van der Waals surface area contributed by atoms with Crippen molar-refractivity contribution in [2.45, 2.75) is 6.42 Å². The summed E-state index contributed by atoms with van der Waals surface area (Å²) in [5.41, 5.74) is 7.61. The van der Waals surface area contributed by atoms with Crippen LogP contribution in [0.1, 0.15) is 5.56 Å². The number of aromatic nitrogens is 1. The van der Waals surface area contributed by atoms with Crippen molar-refractivity contribution in [1.82, 2.24) is 4.98 Å². The maximum atomic E-state index is 6.01. The van der Waals surface area contributed by atoms with Crippen molar-refractivity contribution in [3.05, 3.63) is 52.1 Å². The summed E-state index contributed by atoms with van der Waals surface area (Å²) >= 11 is 11.8. The number of pyridine rings is 1. The summed E-state index contributed by atoms with van der Waals surface area (Å²) in [4.78, 5) is 4.13. The van der Waals surface area contributed by atoms with Gasteiger partial charge in [0.2, 0.25) is 0 Å². The van der Waals surface area contributed by atoms with Crippen LogP contribution >= 0.6 is 23.2 Å². The number of nitrogens with zero attached hydrogens (tertiary/aromatic N) is 1. The van der Waals surface area contributed by atoms with Crippen molar-refractivity contribution in [2.75, 3.05) is 17.6 Å². The quantitative estimate of drug-likeness (QED) is 0.842. The lowest BCUT2D eigenvalue weighted by Crippen LogP contribution is -2.06. The van der Waals surface area contributed by atoms with E-state index >= 15 is 0 Å². The minimum absolute atomic E-state index is 0.528. The van der Waals surface area contributed by atoms with Crippen LogP contribution < -0.4 is 11.1 Å². The topological polar surface area (TPSA) is 50.9 Å². The van der Waals surface area contributed by atoms with E-state index in [1.165, 1.54) is 5.56 Å². The maximum absolute atomic E-state index is 6.01. The summed E-state index contributed by atoms with van der Waals surface area (Å²) in [6, 6.07) is 9.47. The van der Waals surface area contributed by atoms with E-state index in [-0.39, 0.29) is 0 Å². The van der Waals surface area contributed by atoms with Gasteiger partial charge in [-0.1, -0.05) is 35.3 Å². The SMILES string of the molecule is Nc1ccc(CCNc2ncc(Cl)cc2Cl)cc1. The van der Waals surface area contributed by atoms with Gasteiger partial charge >= 0.3 is 0 Å². The van der Waals surface area contributed by atoms with E-state index in [1.807, 2.05) is 24.3 Å². The van der Waals surface area contributed by atoms with Crippen LogP contribution in [0.15, 0.2) is 36.5 Å². The number of hydrogen-bond acceptors (Lipinski definition) is 3. The zero-order valence-corrected chi connectivity index (χ0v) is 11.2. The smallest absolute Gasteiger partial charge is 0.144 e. The van der Waals surface area contributed by atoms with Crippen LogP contribution in [-0.2, 0) is 6.42 Å². The molecule has 18 heavy (non-hydrogen) atoms. The molecule has 1 heterocycles. The lowest BCUT2D eigenvalue weighted by Gasteiger charge is -2.07.